The summed E-state index contributed by atoms with van der Waals surface area (Å²) < 4.78 is 14.4. The van der Waals surface area contributed by atoms with Crippen molar-refractivity contribution >= 4 is 11.6 Å². The maximum atomic E-state index is 14.4. The van der Waals surface area contributed by atoms with E-state index >= 15 is 0 Å². The summed E-state index contributed by atoms with van der Waals surface area (Å²) in [6.07, 6.45) is 5.34. The quantitative estimate of drug-likeness (QED) is 0.709. The number of halogens is 1. The Bertz CT molecular complexity index is 886. The monoisotopic (exact) mass is 393 g/mol. The Hall–Kier alpha value is -2.69. The van der Waals surface area contributed by atoms with Gasteiger partial charge in [-0.15, -0.1) is 0 Å². The zero-order chi connectivity index (χ0) is 20.2. The van der Waals surface area contributed by atoms with Crippen LogP contribution < -0.4 is 5.32 Å². The van der Waals surface area contributed by atoms with Crippen LogP contribution in [0.4, 0.5) is 4.39 Å². The third-order valence-corrected chi connectivity index (χ3v) is 5.90. The van der Waals surface area contributed by atoms with E-state index in [1.165, 1.54) is 17.2 Å². The molecule has 4 rings (SSSR count). The Balaban J connectivity index is 1.45. The molecular formula is C24H28FN3O. The standard InChI is InChI=1S/C24H28FN3O/c1-2-3-8-13-28-23(20-11-6-7-12-21(20)25)16-22(27-28)24(29)26-19-14-17-9-4-5-10-18(17)15-19/h4-7,9-12,19,23H,2-3,8,13-16H2,1H3,(H,26,29). The highest BCUT2D eigenvalue weighted by Gasteiger charge is 2.34. The SMILES string of the molecule is CCCCCN1N=C(C(=O)NC2Cc3ccccc3C2)CC1c1ccccc1F. The number of nitrogens with zero attached hydrogens (tertiary/aromatic N) is 2. The molecule has 1 N–H and O–H groups in total. The zero-order valence-electron chi connectivity index (χ0n) is 16.9. The molecule has 2 aromatic rings. The fourth-order valence-electron chi connectivity index (χ4n) is 4.37. The van der Waals surface area contributed by atoms with Gasteiger partial charge in [-0.25, -0.2) is 4.39 Å². The van der Waals surface area contributed by atoms with E-state index in [1.807, 2.05) is 23.2 Å². The molecule has 152 valence electrons. The minimum atomic E-state index is -0.235. The summed E-state index contributed by atoms with van der Waals surface area (Å²) in [4.78, 5) is 12.9. The molecular weight excluding hydrogens is 365 g/mol. The van der Waals surface area contributed by atoms with Crippen LogP contribution in [-0.4, -0.2) is 29.2 Å². The third-order valence-electron chi connectivity index (χ3n) is 5.90. The maximum absolute atomic E-state index is 14.4. The molecule has 1 aliphatic heterocycles. The van der Waals surface area contributed by atoms with E-state index in [-0.39, 0.29) is 23.8 Å². The summed E-state index contributed by atoms with van der Waals surface area (Å²) in [7, 11) is 0. The number of hydrazone groups is 1. The molecule has 5 heteroatoms. The van der Waals surface area contributed by atoms with E-state index in [4.69, 9.17) is 0 Å². The largest absolute Gasteiger partial charge is 0.348 e. The fourth-order valence-corrected chi connectivity index (χ4v) is 4.37. The van der Waals surface area contributed by atoms with Crippen LogP contribution in [-0.2, 0) is 17.6 Å². The lowest BCUT2D eigenvalue weighted by atomic mass is 10.0. The molecule has 0 bridgehead atoms. The van der Waals surface area contributed by atoms with Crippen molar-refractivity contribution in [2.45, 2.75) is 57.5 Å². The molecule has 0 radical (unpaired) electrons. The number of benzene rings is 2. The highest BCUT2D eigenvalue weighted by molar-refractivity contribution is 6.39. The van der Waals surface area contributed by atoms with E-state index in [2.05, 4.69) is 29.5 Å². The molecule has 0 fully saturated rings. The third kappa shape index (κ3) is 4.34. The Morgan fingerprint density at radius 3 is 2.45 bits per heavy atom. The topological polar surface area (TPSA) is 44.7 Å². The van der Waals surface area contributed by atoms with Gasteiger partial charge in [-0.3, -0.25) is 9.80 Å². The van der Waals surface area contributed by atoms with Crippen LogP contribution in [0.2, 0.25) is 0 Å². The smallest absolute Gasteiger partial charge is 0.267 e. The molecule has 1 heterocycles. The maximum Gasteiger partial charge on any atom is 0.267 e. The second-order valence-corrected chi connectivity index (χ2v) is 8.01. The van der Waals surface area contributed by atoms with Crippen LogP contribution in [0.3, 0.4) is 0 Å². The van der Waals surface area contributed by atoms with Gasteiger partial charge >= 0.3 is 0 Å². The number of rotatable bonds is 7. The summed E-state index contributed by atoms with van der Waals surface area (Å²) in [6.45, 7) is 2.89. The summed E-state index contributed by atoms with van der Waals surface area (Å²) >= 11 is 0. The summed E-state index contributed by atoms with van der Waals surface area (Å²) in [5.74, 6) is -0.358. The van der Waals surface area contributed by atoms with Crippen LogP contribution in [0.25, 0.3) is 0 Å². The Kier molecular flexibility index (Phi) is 5.93. The van der Waals surface area contributed by atoms with Crippen molar-refractivity contribution in [1.29, 1.82) is 0 Å². The number of amides is 1. The van der Waals surface area contributed by atoms with Crippen molar-refractivity contribution in [3.05, 3.63) is 71.0 Å². The molecule has 0 saturated heterocycles. The summed E-state index contributed by atoms with van der Waals surface area (Å²) in [6, 6.07) is 15.0. The molecule has 1 unspecified atom stereocenters. The summed E-state index contributed by atoms with van der Waals surface area (Å²) in [5, 5.41) is 9.68. The second-order valence-electron chi connectivity index (χ2n) is 8.01. The minimum Gasteiger partial charge on any atom is -0.348 e. The Labute approximate surface area is 171 Å². The number of hydrogen-bond donors (Lipinski definition) is 1. The fraction of sp³-hybridized carbons (Fsp3) is 0.417. The van der Waals surface area contributed by atoms with Crippen LogP contribution in [0, 0.1) is 5.82 Å². The van der Waals surface area contributed by atoms with Crippen molar-refractivity contribution in [3.8, 4) is 0 Å². The average Bonchev–Trinajstić information content (AvgIpc) is 3.32. The zero-order valence-corrected chi connectivity index (χ0v) is 16.9. The molecule has 4 nitrogen and oxygen atoms in total. The minimum absolute atomic E-state index is 0.101. The molecule has 1 atom stereocenters. The van der Waals surface area contributed by atoms with E-state index in [0.717, 1.165) is 38.6 Å². The van der Waals surface area contributed by atoms with Gasteiger partial charge in [0.15, 0.2) is 0 Å². The highest BCUT2D eigenvalue weighted by Crippen LogP contribution is 2.32. The number of nitrogens with one attached hydrogen (secondary N) is 1. The lowest BCUT2D eigenvalue weighted by Gasteiger charge is -2.24. The van der Waals surface area contributed by atoms with Crippen molar-refractivity contribution in [3.63, 3.8) is 0 Å². The summed E-state index contributed by atoms with van der Waals surface area (Å²) in [5.41, 5.74) is 3.72. The van der Waals surface area contributed by atoms with Crippen LogP contribution >= 0.6 is 0 Å². The van der Waals surface area contributed by atoms with Gasteiger partial charge in [-0.1, -0.05) is 62.2 Å². The average molecular weight is 394 g/mol. The molecule has 29 heavy (non-hydrogen) atoms. The van der Waals surface area contributed by atoms with E-state index < -0.39 is 0 Å². The number of hydrogen-bond acceptors (Lipinski definition) is 3. The Morgan fingerprint density at radius 1 is 1.07 bits per heavy atom. The second kappa shape index (κ2) is 8.76. The van der Waals surface area contributed by atoms with Gasteiger partial charge in [0.05, 0.1) is 6.04 Å². The number of carbonyl (C=O) groups excluding carboxylic acids is 1. The lowest BCUT2D eigenvalue weighted by molar-refractivity contribution is -0.115. The normalized spacial score (nSPS) is 18.6. The molecule has 0 aromatic heterocycles. The van der Waals surface area contributed by atoms with Gasteiger partial charge in [-0.05, 0) is 36.5 Å². The van der Waals surface area contributed by atoms with Gasteiger partial charge in [0, 0.05) is 24.6 Å². The van der Waals surface area contributed by atoms with Crippen LogP contribution in [0.15, 0.2) is 53.6 Å². The Morgan fingerprint density at radius 2 is 1.76 bits per heavy atom. The van der Waals surface area contributed by atoms with Gasteiger partial charge in [0.25, 0.3) is 5.91 Å². The molecule has 0 saturated carbocycles. The highest BCUT2D eigenvalue weighted by atomic mass is 19.1. The van der Waals surface area contributed by atoms with Crippen molar-refractivity contribution < 1.29 is 9.18 Å². The van der Waals surface area contributed by atoms with E-state index in [0.29, 0.717) is 17.7 Å². The first-order valence-corrected chi connectivity index (χ1v) is 10.6. The molecule has 0 spiro atoms. The predicted octanol–water partition coefficient (Wildman–Crippen LogP) is 4.40. The van der Waals surface area contributed by atoms with Gasteiger partial charge in [0.1, 0.15) is 11.5 Å². The molecule has 1 amide bonds. The number of carbonyl (C=O) groups is 1. The van der Waals surface area contributed by atoms with Crippen molar-refractivity contribution in [2.24, 2.45) is 5.10 Å². The van der Waals surface area contributed by atoms with Gasteiger partial charge < -0.3 is 5.32 Å². The van der Waals surface area contributed by atoms with Crippen molar-refractivity contribution in [1.82, 2.24) is 10.3 Å². The molecule has 2 aliphatic rings. The first-order valence-electron chi connectivity index (χ1n) is 10.6. The van der Waals surface area contributed by atoms with Crippen LogP contribution in [0.5, 0.6) is 0 Å². The van der Waals surface area contributed by atoms with Crippen molar-refractivity contribution in [2.75, 3.05) is 6.54 Å². The molecule has 2 aromatic carbocycles. The van der Waals surface area contributed by atoms with E-state index in [9.17, 15) is 9.18 Å². The number of fused-ring (bicyclic) bond motifs is 1. The van der Waals surface area contributed by atoms with Gasteiger partial charge in [-0.2, -0.15) is 5.10 Å². The lowest BCUT2D eigenvalue weighted by Crippen LogP contribution is -2.39. The molecule has 1 aliphatic carbocycles. The first-order chi connectivity index (χ1) is 14.2. The number of unbranched alkanes of at least 4 members (excludes halogenated alkanes) is 2. The van der Waals surface area contributed by atoms with E-state index in [1.54, 1.807) is 12.1 Å². The van der Waals surface area contributed by atoms with Gasteiger partial charge in [0.2, 0.25) is 0 Å². The predicted molar refractivity (Wildman–Crippen MR) is 113 cm³/mol. The first kappa shape index (κ1) is 19.6. The van der Waals surface area contributed by atoms with Crippen LogP contribution in [0.1, 0.15) is 55.3 Å².